The Labute approximate surface area is 60.7 Å². The average molecular weight is 137 g/mol. The van der Waals surface area contributed by atoms with Crippen LogP contribution in [0.3, 0.4) is 0 Å². The molecule has 0 bridgehead atoms. The quantitative estimate of drug-likeness (QED) is 0.558. The first-order valence-corrected chi connectivity index (χ1v) is 3.38. The zero-order chi connectivity index (χ0) is 7.56. The summed E-state index contributed by atoms with van der Waals surface area (Å²) in [4.78, 5) is 0. The van der Waals surface area contributed by atoms with Crippen LogP contribution in [-0.2, 0) is 0 Å². The standard InChI is InChI=1S/C9H10F/c1-7(2)8-5-3-4-6-9(8)10/h3-4,6-7H,1-2H3. The second kappa shape index (κ2) is 2.82. The summed E-state index contributed by atoms with van der Waals surface area (Å²) in [5.74, 6) is 0.0682. The van der Waals surface area contributed by atoms with Gasteiger partial charge in [-0.05, 0) is 23.6 Å². The first-order chi connectivity index (χ1) is 4.72. The predicted molar refractivity (Wildman–Crippen MR) is 39.3 cm³/mol. The number of halogens is 1. The van der Waals surface area contributed by atoms with E-state index < -0.39 is 0 Å². The summed E-state index contributed by atoms with van der Waals surface area (Å²) in [6.45, 7) is 3.91. The van der Waals surface area contributed by atoms with E-state index in [2.05, 4.69) is 6.07 Å². The van der Waals surface area contributed by atoms with Crippen LogP contribution in [0.5, 0.6) is 0 Å². The molecule has 0 aliphatic heterocycles. The van der Waals surface area contributed by atoms with Crippen molar-refractivity contribution < 1.29 is 4.39 Å². The summed E-state index contributed by atoms with van der Waals surface area (Å²) in [5.41, 5.74) is 0.669. The van der Waals surface area contributed by atoms with Gasteiger partial charge in [0.15, 0.2) is 0 Å². The van der Waals surface area contributed by atoms with Crippen LogP contribution in [-0.4, -0.2) is 0 Å². The van der Waals surface area contributed by atoms with Gasteiger partial charge in [-0.15, -0.1) is 0 Å². The fraction of sp³-hybridized carbons (Fsp3) is 0.333. The Morgan fingerprint density at radius 3 is 2.60 bits per heavy atom. The first kappa shape index (κ1) is 7.26. The Kier molecular flexibility index (Phi) is 2.05. The minimum Gasteiger partial charge on any atom is -0.207 e. The highest BCUT2D eigenvalue weighted by molar-refractivity contribution is 5.18. The van der Waals surface area contributed by atoms with Crippen molar-refractivity contribution in [2.45, 2.75) is 19.8 Å². The molecule has 0 atom stereocenters. The Morgan fingerprint density at radius 2 is 2.20 bits per heavy atom. The van der Waals surface area contributed by atoms with Gasteiger partial charge >= 0.3 is 0 Å². The van der Waals surface area contributed by atoms with Gasteiger partial charge in [-0.25, -0.2) is 4.39 Å². The highest BCUT2D eigenvalue weighted by atomic mass is 19.1. The number of benzene rings is 1. The van der Waals surface area contributed by atoms with E-state index >= 15 is 0 Å². The van der Waals surface area contributed by atoms with E-state index in [9.17, 15) is 4.39 Å². The van der Waals surface area contributed by atoms with Crippen molar-refractivity contribution in [3.8, 4) is 0 Å². The largest absolute Gasteiger partial charge is 0.207 e. The lowest BCUT2D eigenvalue weighted by Crippen LogP contribution is -1.91. The molecule has 10 heavy (non-hydrogen) atoms. The van der Waals surface area contributed by atoms with Gasteiger partial charge in [-0.2, -0.15) is 0 Å². The molecule has 53 valence electrons. The number of hydrogen-bond acceptors (Lipinski definition) is 0. The Hall–Kier alpha value is -0.850. The fourth-order valence-electron chi connectivity index (χ4n) is 0.872. The second-order valence-electron chi connectivity index (χ2n) is 2.59. The highest BCUT2D eigenvalue weighted by Crippen LogP contribution is 2.16. The molecule has 0 saturated heterocycles. The van der Waals surface area contributed by atoms with Gasteiger partial charge in [0.2, 0.25) is 0 Å². The second-order valence-corrected chi connectivity index (χ2v) is 2.59. The lowest BCUT2D eigenvalue weighted by molar-refractivity contribution is 0.598. The molecule has 0 spiro atoms. The summed E-state index contributed by atoms with van der Waals surface area (Å²) < 4.78 is 12.8. The molecule has 1 heteroatoms. The van der Waals surface area contributed by atoms with Crippen molar-refractivity contribution >= 4 is 0 Å². The molecule has 0 heterocycles. The molecule has 0 unspecified atom stereocenters. The molecule has 1 aromatic carbocycles. The zero-order valence-electron chi connectivity index (χ0n) is 6.19. The lowest BCUT2D eigenvalue weighted by atomic mass is 10.0. The zero-order valence-corrected chi connectivity index (χ0v) is 6.19. The fourth-order valence-corrected chi connectivity index (χ4v) is 0.872. The molecule has 0 amide bonds. The number of hydrogen-bond donors (Lipinski definition) is 0. The van der Waals surface area contributed by atoms with Crippen molar-refractivity contribution in [2.75, 3.05) is 0 Å². The van der Waals surface area contributed by atoms with Gasteiger partial charge in [-0.3, -0.25) is 0 Å². The van der Waals surface area contributed by atoms with Crippen molar-refractivity contribution in [3.05, 3.63) is 35.6 Å². The summed E-state index contributed by atoms with van der Waals surface area (Å²) in [5, 5.41) is 0. The van der Waals surface area contributed by atoms with Gasteiger partial charge in [-0.1, -0.05) is 26.0 Å². The lowest BCUT2D eigenvalue weighted by Gasteiger charge is -2.03. The van der Waals surface area contributed by atoms with Gasteiger partial charge in [0.1, 0.15) is 5.82 Å². The van der Waals surface area contributed by atoms with Crippen LogP contribution >= 0.6 is 0 Å². The van der Waals surface area contributed by atoms with E-state index in [-0.39, 0.29) is 11.7 Å². The van der Waals surface area contributed by atoms with E-state index in [1.165, 1.54) is 6.07 Å². The highest BCUT2D eigenvalue weighted by Gasteiger charge is 2.03. The van der Waals surface area contributed by atoms with Gasteiger partial charge in [0.25, 0.3) is 0 Å². The van der Waals surface area contributed by atoms with Crippen molar-refractivity contribution in [1.29, 1.82) is 0 Å². The van der Waals surface area contributed by atoms with E-state index in [0.29, 0.717) is 5.56 Å². The normalized spacial score (nSPS) is 10.4. The van der Waals surface area contributed by atoms with Crippen LogP contribution in [0, 0.1) is 11.9 Å². The molecule has 0 aliphatic carbocycles. The third-order valence-corrected chi connectivity index (χ3v) is 1.41. The molecular formula is C9H10F. The monoisotopic (exact) mass is 137 g/mol. The average Bonchev–Trinajstić information content (AvgIpc) is 1.88. The molecule has 0 nitrogen and oxygen atoms in total. The SMILES string of the molecule is CC(C)c1[c]cccc1F. The summed E-state index contributed by atoms with van der Waals surface area (Å²) >= 11 is 0. The smallest absolute Gasteiger partial charge is 0.127 e. The van der Waals surface area contributed by atoms with Crippen LogP contribution in [0.4, 0.5) is 4.39 Å². The Balaban J connectivity index is 3.03. The topological polar surface area (TPSA) is 0 Å². The molecule has 0 N–H and O–H groups in total. The molecule has 0 aliphatic rings. The van der Waals surface area contributed by atoms with Crippen LogP contribution in [0.2, 0.25) is 0 Å². The summed E-state index contributed by atoms with van der Waals surface area (Å²) in [6, 6.07) is 7.71. The molecule has 0 fully saturated rings. The minimum absolute atomic E-state index is 0.155. The van der Waals surface area contributed by atoms with E-state index in [0.717, 1.165) is 0 Å². The van der Waals surface area contributed by atoms with E-state index in [1.54, 1.807) is 12.1 Å². The Bertz CT molecular complexity index is 216. The molecule has 1 aromatic rings. The number of rotatable bonds is 1. The first-order valence-electron chi connectivity index (χ1n) is 3.38. The molecule has 1 rings (SSSR count). The maximum Gasteiger partial charge on any atom is 0.127 e. The van der Waals surface area contributed by atoms with Crippen molar-refractivity contribution in [3.63, 3.8) is 0 Å². The molecular weight excluding hydrogens is 127 g/mol. The Morgan fingerprint density at radius 1 is 1.50 bits per heavy atom. The third kappa shape index (κ3) is 1.35. The van der Waals surface area contributed by atoms with Crippen molar-refractivity contribution in [2.24, 2.45) is 0 Å². The molecule has 0 saturated carbocycles. The maximum absolute atomic E-state index is 12.8. The summed E-state index contributed by atoms with van der Waals surface area (Å²) in [7, 11) is 0. The van der Waals surface area contributed by atoms with Crippen LogP contribution < -0.4 is 0 Å². The predicted octanol–water partition coefficient (Wildman–Crippen LogP) is 2.75. The van der Waals surface area contributed by atoms with Gasteiger partial charge in [0, 0.05) is 0 Å². The molecule has 0 aromatic heterocycles. The van der Waals surface area contributed by atoms with Crippen LogP contribution in [0.1, 0.15) is 25.3 Å². The molecule has 1 radical (unpaired) electrons. The van der Waals surface area contributed by atoms with Crippen molar-refractivity contribution in [1.82, 2.24) is 0 Å². The van der Waals surface area contributed by atoms with Crippen LogP contribution in [0.15, 0.2) is 18.2 Å². The van der Waals surface area contributed by atoms with E-state index in [1.807, 2.05) is 13.8 Å². The van der Waals surface area contributed by atoms with E-state index in [4.69, 9.17) is 0 Å². The summed E-state index contributed by atoms with van der Waals surface area (Å²) in [6.07, 6.45) is 0. The third-order valence-electron chi connectivity index (χ3n) is 1.41. The minimum atomic E-state index is -0.155. The van der Waals surface area contributed by atoms with Crippen LogP contribution in [0.25, 0.3) is 0 Å². The van der Waals surface area contributed by atoms with Gasteiger partial charge < -0.3 is 0 Å². The maximum atomic E-state index is 12.8. The van der Waals surface area contributed by atoms with Gasteiger partial charge in [0.05, 0.1) is 0 Å².